The van der Waals surface area contributed by atoms with E-state index >= 15 is 0 Å². The number of benzene rings is 1. The number of aromatic nitrogens is 2. The van der Waals surface area contributed by atoms with Gasteiger partial charge in [-0.25, -0.2) is 0 Å². The number of hydrogen-bond donors (Lipinski definition) is 1. The van der Waals surface area contributed by atoms with Gasteiger partial charge in [-0.3, -0.25) is 4.68 Å². The largest absolute Gasteiger partial charge is 0.379 e. The Morgan fingerprint density at radius 1 is 1.29 bits per heavy atom. The minimum atomic E-state index is 0.755. The molecule has 114 valence electrons. The van der Waals surface area contributed by atoms with Crippen LogP contribution < -0.4 is 10.2 Å². The van der Waals surface area contributed by atoms with Crippen LogP contribution in [0.4, 0.5) is 11.4 Å². The summed E-state index contributed by atoms with van der Waals surface area (Å²) < 4.78 is 3.13. The molecule has 0 aliphatic heterocycles. The van der Waals surface area contributed by atoms with E-state index in [1.54, 1.807) is 0 Å². The van der Waals surface area contributed by atoms with Crippen LogP contribution in [-0.4, -0.2) is 23.9 Å². The standard InChI is InChI=1S/C16H23BrN4/c1-6-21-15(16(17)12(3)19-21)10-18-13-8-7-11(2)14(9-13)20(4)5/h7-9,18H,6,10H2,1-5H3. The molecule has 0 saturated carbocycles. The van der Waals surface area contributed by atoms with Gasteiger partial charge in [-0.2, -0.15) is 5.10 Å². The highest BCUT2D eigenvalue weighted by atomic mass is 79.9. The highest BCUT2D eigenvalue weighted by molar-refractivity contribution is 9.10. The third kappa shape index (κ3) is 3.40. The minimum absolute atomic E-state index is 0.755. The smallest absolute Gasteiger partial charge is 0.0739 e. The third-order valence-electron chi connectivity index (χ3n) is 3.60. The molecule has 0 atom stereocenters. The summed E-state index contributed by atoms with van der Waals surface area (Å²) in [5.74, 6) is 0. The molecule has 2 rings (SSSR count). The van der Waals surface area contributed by atoms with Crippen LogP contribution >= 0.6 is 15.9 Å². The summed E-state index contributed by atoms with van der Waals surface area (Å²) in [7, 11) is 4.14. The van der Waals surface area contributed by atoms with E-state index < -0.39 is 0 Å². The molecule has 0 bridgehead atoms. The Kier molecular flexibility index (Phi) is 4.93. The van der Waals surface area contributed by atoms with Crippen LogP contribution in [0, 0.1) is 13.8 Å². The number of rotatable bonds is 5. The fourth-order valence-electron chi connectivity index (χ4n) is 2.42. The highest BCUT2D eigenvalue weighted by Crippen LogP contribution is 2.25. The summed E-state index contributed by atoms with van der Waals surface area (Å²) in [5.41, 5.74) is 5.85. The Morgan fingerprint density at radius 3 is 2.62 bits per heavy atom. The van der Waals surface area contributed by atoms with Crippen molar-refractivity contribution in [2.45, 2.75) is 33.9 Å². The zero-order chi connectivity index (χ0) is 15.6. The van der Waals surface area contributed by atoms with Gasteiger partial charge in [0.25, 0.3) is 0 Å². The van der Waals surface area contributed by atoms with Crippen LogP contribution in [-0.2, 0) is 13.1 Å². The Bertz CT molecular complexity index is 631. The number of halogens is 1. The van der Waals surface area contributed by atoms with Gasteiger partial charge in [-0.1, -0.05) is 6.07 Å². The Balaban J connectivity index is 2.19. The average Bonchev–Trinajstić information content (AvgIpc) is 2.73. The SMILES string of the molecule is CCn1nc(C)c(Br)c1CNc1ccc(C)c(N(C)C)c1. The quantitative estimate of drug-likeness (QED) is 0.885. The second-order valence-corrected chi connectivity index (χ2v) is 6.20. The first kappa shape index (κ1) is 15.9. The van der Waals surface area contributed by atoms with E-state index in [1.807, 2.05) is 11.6 Å². The molecular formula is C16H23BrN4. The van der Waals surface area contributed by atoms with E-state index in [0.29, 0.717) is 0 Å². The molecule has 21 heavy (non-hydrogen) atoms. The van der Waals surface area contributed by atoms with E-state index in [2.05, 4.69) is 77.4 Å². The monoisotopic (exact) mass is 350 g/mol. The number of anilines is 2. The fraction of sp³-hybridized carbons (Fsp3) is 0.438. The molecule has 2 aromatic rings. The van der Waals surface area contributed by atoms with E-state index in [4.69, 9.17) is 0 Å². The molecule has 4 nitrogen and oxygen atoms in total. The van der Waals surface area contributed by atoms with Crippen LogP contribution in [0.15, 0.2) is 22.7 Å². The molecule has 1 N–H and O–H groups in total. The molecule has 0 fully saturated rings. The van der Waals surface area contributed by atoms with Crippen molar-refractivity contribution in [1.82, 2.24) is 9.78 Å². The summed E-state index contributed by atoms with van der Waals surface area (Å²) in [6, 6.07) is 6.45. The van der Waals surface area contributed by atoms with Gasteiger partial charge < -0.3 is 10.2 Å². The summed E-state index contributed by atoms with van der Waals surface area (Å²) >= 11 is 3.63. The lowest BCUT2D eigenvalue weighted by Crippen LogP contribution is -2.12. The first-order chi connectivity index (χ1) is 9.93. The van der Waals surface area contributed by atoms with Crippen molar-refractivity contribution in [1.29, 1.82) is 0 Å². The molecular weight excluding hydrogens is 328 g/mol. The molecule has 1 aromatic carbocycles. The summed E-state index contributed by atoms with van der Waals surface area (Å²) in [6.45, 7) is 7.89. The van der Waals surface area contributed by atoms with Crippen molar-refractivity contribution >= 4 is 27.3 Å². The van der Waals surface area contributed by atoms with Crippen molar-refractivity contribution in [3.8, 4) is 0 Å². The van der Waals surface area contributed by atoms with Crippen molar-refractivity contribution in [2.24, 2.45) is 0 Å². The Morgan fingerprint density at radius 2 is 2.00 bits per heavy atom. The van der Waals surface area contributed by atoms with Crippen molar-refractivity contribution in [2.75, 3.05) is 24.3 Å². The highest BCUT2D eigenvalue weighted by Gasteiger charge is 2.12. The van der Waals surface area contributed by atoms with Gasteiger partial charge in [0.15, 0.2) is 0 Å². The average molecular weight is 351 g/mol. The summed E-state index contributed by atoms with van der Waals surface area (Å²) in [6.07, 6.45) is 0. The third-order valence-corrected chi connectivity index (χ3v) is 4.64. The van der Waals surface area contributed by atoms with Gasteiger partial charge in [0.05, 0.1) is 22.4 Å². The molecule has 0 radical (unpaired) electrons. The molecule has 0 saturated heterocycles. The van der Waals surface area contributed by atoms with E-state index in [-0.39, 0.29) is 0 Å². The maximum atomic E-state index is 4.52. The first-order valence-electron chi connectivity index (χ1n) is 7.17. The minimum Gasteiger partial charge on any atom is -0.379 e. The normalized spacial score (nSPS) is 10.8. The van der Waals surface area contributed by atoms with Crippen LogP contribution in [0.5, 0.6) is 0 Å². The number of nitrogens with one attached hydrogen (secondary N) is 1. The molecule has 0 unspecified atom stereocenters. The van der Waals surface area contributed by atoms with Crippen LogP contribution in [0.2, 0.25) is 0 Å². The lowest BCUT2D eigenvalue weighted by Gasteiger charge is -2.17. The lowest BCUT2D eigenvalue weighted by atomic mass is 10.1. The number of hydrogen-bond acceptors (Lipinski definition) is 3. The van der Waals surface area contributed by atoms with Crippen LogP contribution in [0.3, 0.4) is 0 Å². The van der Waals surface area contributed by atoms with Crippen LogP contribution in [0.25, 0.3) is 0 Å². The molecule has 0 amide bonds. The van der Waals surface area contributed by atoms with E-state index in [9.17, 15) is 0 Å². The first-order valence-corrected chi connectivity index (χ1v) is 7.97. The van der Waals surface area contributed by atoms with Gasteiger partial charge in [0.1, 0.15) is 0 Å². The molecule has 0 aliphatic rings. The second-order valence-electron chi connectivity index (χ2n) is 5.41. The van der Waals surface area contributed by atoms with Crippen molar-refractivity contribution in [3.05, 3.63) is 39.6 Å². The molecule has 1 heterocycles. The van der Waals surface area contributed by atoms with Gasteiger partial charge >= 0.3 is 0 Å². The zero-order valence-electron chi connectivity index (χ0n) is 13.4. The Labute approximate surface area is 135 Å². The number of nitrogens with zero attached hydrogens (tertiary/aromatic N) is 3. The predicted octanol–water partition coefficient (Wildman–Crippen LogP) is 3.96. The zero-order valence-corrected chi connectivity index (χ0v) is 15.0. The second kappa shape index (κ2) is 6.52. The molecule has 5 heteroatoms. The van der Waals surface area contributed by atoms with E-state index in [1.165, 1.54) is 16.9 Å². The van der Waals surface area contributed by atoms with Crippen molar-refractivity contribution in [3.63, 3.8) is 0 Å². The summed E-state index contributed by atoms with van der Waals surface area (Å²) in [4.78, 5) is 2.14. The lowest BCUT2D eigenvalue weighted by molar-refractivity contribution is 0.622. The molecule has 1 aromatic heterocycles. The van der Waals surface area contributed by atoms with Gasteiger partial charge in [-0.15, -0.1) is 0 Å². The van der Waals surface area contributed by atoms with Crippen molar-refractivity contribution < 1.29 is 0 Å². The predicted molar refractivity (Wildman–Crippen MR) is 93.2 cm³/mol. The summed E-state index contributed by atoms with van der Waals surface area (Å²) in [5, 5.41) is 8.02. The maximum Gasteiger partial charge on any atom is 0.0739 e. The van der Waals surface area contributed by atoms with Gasteiger partial charge in [0, 0.05) is 32.0 Å². The van der Waals surface area contributed by atoms with Crippen LogP contribution in [0.1, 0.15) is 23.9 Å². The maximum absolute atomic E-state index is 4.52. The molecule has 0 spiro atoms. The topological polar surface area (TPSA) is 33.1 Å². The van der Waals surface area contributed by atoms with Gasteiger partial charge in [-0.05, 0) is 54.4 Å². The molecule has 0 aliphatic carbocycles. The van der Waals surface area contributed by atoms with Gasteiger partial charge in [0.2, 0.25) is 0 Å². The van der Waals surface area contributed by atoms with E-state index in [0.717, 1.165) is 28.9 Å². The Hall–Kier alpha value is -1.49. The fourth-order valence-corrected chi connectivity index (χ4v) is 2.85. The number of aryl methyl sites for hydroxylation is 3.